The molecule has 0 saturated heterocycles. The molecular weight excluding hydrogens is 277 g/mol. The van der Waals surface area contributed by atoms with Gasteiger partial charge in [0, 0.05) is 6.20 Å². The summed E-state index contributed by atoms with van der Waals surface area (Å²) in [5.41, 5.74) is -2.75. The molecule has 20 heavy (non-hydrogen) atoms. The van der Waals surface area contributed by atoms with Gasteiger partial charge in [0.25, 0.3) is 0 Å². The quantitative estimate of drug-likeness (QED) is 0.818. The first-order valence-corrected chi connectivity index (χ1v) is 5.34. The van der Waals surface area contributed by atoms with E-state index in [9.17, 15) is 13.2 Å². The van der Waals surface area contributed by atoms with Crippen molar-refractivity contribution in [1.82, 2.24) is 4.98 Å². The molecule has 3 heterocycles. The second-order valence-corrected chi connectivity index (χ2v) is 3.86. The van der Waals surface area contributed by atoms with Gasteiger partial charge in [0.1, 0.15) is 5.69 Å². The summed E-state index contributed by atoms with van der Waals surface area (Å²) in [6.07, 6.45) is -5.12. The summed E-state index contributed by atoms with van der Waals surface area (Å²) in [5, 5.41) is 19.4. The number of halogens is 3. The van der Waals surface area contributed by atoms with Crippen molar-refractivity contribution in [2.45, 2.75) is 18.0 Å². The van der Waals surface area contributed by atoms with Crippen LogP contribution in [0.5, 0.6) is 0 Å². The van der Waals surface area contributed by atoms with Gasteiger partial charge in [-0.3, -0.25) is 4.98 Å². The molecule has 8 nitrogen and oxygen atoms in total. The minimum atomic E-state index is -4.83. The van der Waals surface area contributed by atoms with Crippen LogP contribution in [0.15, 0.2) is 60.3 Å². The Balaban J connectivity index is 2.07. The number of hydrogen-bond acceptors (Lipinski definition) is 8. The molecule has 2 aliphatic rings. The molecule has 0 N–H and O–H groups in total. The lowest BCUT2D eigenvalue weighted by molar-refractivity contribution is -0.187. The Bertz CT molecular complexity index is 622. The Morgan fingerprint density at radius 3 is 2.45 bits per heavy atom. The monoisotopic (exact) mass is 282 g/mol. The Morgan fingerprint density at radius 2 is 1.85 bits per heavy atom. The number of rotatable bonds is 2. The predicted molar refractivity (Wildman–Crippen MR) is 57.9 cm³/mol. The van der Waals surface area contributed by atoms with E-state index in [0.717, 1.165) is 0 Å². The molecule has 0 aromatic carbocycles. The van der Waals surface area contributed by atoms with E-state index in [0.29, 0.717) is 0 Å². The van der Waals surface area contributed by atoms with Crippen LogP contribution in [-0.2, 0) is 0 Å². The van der Waals surface area contributed by atoms with E-state index in [1.165, 1.54) is 12.3 Å². The Morgan fingerprint density at radius 1 is 1.10 bits per heavy atom. The highest BCUT2D eigenvalue weighted by Gasteiger charge is 2.65. The molecule has 11 heteroatoms. The van der Waals surface area contributed by atoms with E-state index in [-0.39, 0.29) is 11.5 Å². The maximum Gasteiger partial charge on any atom is 0.440 e. The van der Waals surface area contributed by atoms with E-state index in [4.69, 9.17) is 0 Å². The lowest BCUT2D eigenvalue weighted by atomic mass is 10.1. The van der Waals surface area contributed by atoms with Crippen molar-refractivity contribution in [2.75, 3.05) is 0 Å². The van der Waals surface area contributed by atoms with E-state index in [2.05, 4.69) is 40.9 Å². The lowest BCUT2D eigenvalue weighted by Gasteiger charge is -2.24. The number of aliphatic imine (C=N–C) groups is 1. The molecular formula is C9H5F3N8. The van der Waals surface area contributed by atoms with Crippen LogP contribution in [0, 0.1) is 0 Å². The van der Waals surface area contributed by atoms with E-state index in [1.807, 2.05) is 0 Å². The molecule has 102 valence electrons. The smallest absolute Gasteiger partial charge is 0.253 e. The Kier molecular flexibility index (Phi) is 2.62. The predicted octanol–water partition coefficient (Wildman–Crippen LogP) is 2.71. The van der Waals surface area contributed by atoms with Crippen molar-refractivity contribution in [3.8, 4) is 0 Å². The molecule has 1 aromatic heterocycles. The second-order valence-electron chi connectivity index (χ2n) is 3.86. The molecule has 1 atom stereocenters. The first-order chi connectivity index (χ1) is 9.53. The minimum absolute atomic E-state index is 0.175. The van der Waals surface area contributed by atoms with Crippen LogP contribution < -0.4 is 0 Å². The van der Waals surface area contributed by atoms with Gasteiger partial charge in [0.05, 0.1) is 0 Å². The molecule has 0 spiro atoms. The summed E-state index contributed by atoms with van der Waals surface area (Å²) in [6.45, 7) is 0. The second kappa shape index (κ2) is 4.21. The molecule has 0 fully saturated rings. The van der Waals surface area contributed by atoms with Crippen LogP contribution in [0.4, 0.5) is 13.2 Å². The number of nitrogens with zero attached hydrogens (tertiary/aromatic N) is 8. The summed E-state index contributed by atoms with van der Waals surface area (Å²) in [5.74, 6) is -0.236. The maximum absolute atomic E-state index is 13.3. The van der Waals surface area contributed by atoms with Crippen molar-refractivity contribution in [3.63, 3.8) is 0 Å². The molecule has 0 aliphatic carbocycles. The van der Waals surface area contributed by atoms with Crippen LogP contribution in [-0.4, -0.2) is 28.8 Å². The van der Waals surface area contributed by atoms with E-state index >= 15 is 0 Å². The molecule has 0 bridgehead atoms. The van der Waals surface area contributed by atoms with Crippen LogP contribution >= 0.6 is 0 Å². The third-order valence-electron chi connectivity index (χ3n) is 2.61. The van der Waals surface area contributed by atoms with Gasteiger partial charge in [-0.15, -0.1) is 20.5 Å². The van der Waals surface area contributed by atoms with Gasteiger partial charge in [-0.05, 0) is 22.6 Å². The molecule has 0 amide bonds. The zero-order valence-corrected chi connectivity index (χ0v) is 9.60. The highest BCUT2D eigenvalue weighted by Crippen LogP contribution is 2.44. The molecule has 2 aliphatic heterocycles. The number of azo groups is 1. The maximum atomic E-state index is 13.3. The highest BCUT2D eigenvalue weighted by atomic mass is 19.4. The fraction of sp³-hybridized carbons (Fsp3) is 0.333. The van der Waals surface area contributed by atoms with Gasteiger partial charge in [0.15, 0.2) is 5.84 Å². The molecule has 0 radical (unpaired) electrons. The van der Waals surface area contributed by atoms with Crippen molar-refractivity contribution < 1.29 is 13.2 Å². The average molecular weight is 282 g/mol. The molecule has 1 unspecified atom stereocenters. The molecule has 0 saturated carbocycles. The normalized spacial score (nSPS) is 25.4. The third kappa shape index (κ3) is 1.78. The van der Waals surface area contributed by atoms with Gasteiger partial charge in [-0.25, -0.2) is 4.99 Å². The van der Waals surface area contributed by atoms with Gasteiger partial charge >= 0.3 is 11.8 Å². The number of pyridine rings is 1. The average Bonchev–Trinajstić information content (AvgIpc) is 3.09. The zero-order chi connectivity index (χ0) is 14.2. The minimum Gasteiger partial charge on any atom is -0.253 e. The fourth-order valence-electron chi connectivity index (χ4n) is 1.64. The van der Waals surface area contributed by atoms with Gasteiger partial charge in [-0.2, -0.15) is 13.2 Å². The fourth-order valence-corrected chi connectivity index (χ4v) is 1.64. The van der Waals surface area contributed by atoms with E-state index < -0.39 is 18.0 Å². The number of amidine groups is 1. The van der Waals surface area contributed by atoms with Crippen LogP contribution in [0.2, 0.25) is 0 Å². The van der Waals surface area contributed by atoms with Crippen molar-refractivity contribution >= 4 is 5.84 Å². The lowest BCUT2D eigenvalue weighted by Crippen LogP contribution is -2.48. The topological polar surface area (TPSA) is 99.4 Å². The van der Waals surface area contributed by atoms with Gasteiger partial charge < -0.3 is 0 Å². The number of aromatic nitrogens is 1. The van der Waals surface area contributed by atoms with Crippen molar-refractivity contribution in [2.24, 2.45) is 35.9 Å². The summed E-state index contributed by atoms with van der Waals surface area (Å²) in [7, 11) is 0. The standard InChI is InChI=1S/C9H5F3N8/c10-9(11,12)8(7-16-19-20-17-7)14-6(15-18-8)5-3-1-2-4-13-5/h1-4,7H. The summed E-state index contributed by atoms with van der Waals surface area (Å²) in [4.78, 5) is 7.41. The zero-order valence-electron chi connectivity index (χ0n) is 9.60. The van der Waals surface area contributed by atoms with E-state index in [1.54, 1.807) is 12.1 Å². The summed E-state index contributed by atoms with van der Waals surface area (Å²) < 4.78 is 39.8. The largest absolute Gasteiger partial charge is 0.440 e. The number of hydrogen-bond donors (Lipinski definition) is 0. The van der Waals surface area contributed by atoms with Gasteiger partial charge in [-0.1, -0.05) is 6.07 Å². The summed E-state index contributed by atoms with van der Waals surface area (Å²) >= 11 is 0. The SMILES string of the molecule is FC(F)(F)C1(C2N=NN=N2)N=NC(c2ccccn2)=N1. The van der Waals surface area contributed by atoms with Crippen LogP contribution in [0.3, 0.4) is 0 Å². The Labute approximate surface area is 109 Å². The van der Waals surface area contributed by atoms with Crippen molar-refractivity contribution in [3.05, 3.63) is 30.1 Å². The first kappa shape index (κ1) is 12.4. The van der Waals surface area contributed by atoms with Crippen LogP contribution in [0.1, 0.15) is 5.69 Å². The summed E-state index contributed by atoms with van der Waals surface area (Å²) in [6, 6.07) is 4.69. The Hall–Kier alpha value is -2.59. The number of alkyl halides is 3. The molecule has 3 rings (SSSR count). The third-order valence-corrected chi connectivity index (χ3v) is 2.61. The first-order valence-electron chi connectivity index (χ1n) is 5.34. The molecule has 1 aromatic rings. The highest BCUT2D eigenvalue weighted by molar-refractivity contribution is 5.98. The van der Waals surface area contributed by atoms with Gasteiger partial charge in [0.2, 0.25) is 6.17 Å². The van der Waals surface area contributed by atoms with Crippen LogP contribution in [0.25, 0.3) is 0 Å². The van der Waals surface area contributed by atoms with Crippen molar-refractivity contribution in [1.29, 1.82) is 0 Å².